The van der Waals surface area contributed by atoms with Crippen LogP contribution < -0.4 is 0 Å². The van der Waals surface area contributed by atoms with Crippen LogP contribution in [-0.4, -0.2) is 22.2 Å². The van der Waals surface area contributed by atoms with Crippen LogP contribution in [-0.2, 0) is 9.59 Å². The Hall–Kier alpha value is -1.57. The fourth-order valence-electron chi connectivity index (χ4n) is 0.840. The normalized spacial score (nSPS) is 9.33. The lowest BCUT2D eigenvalue weighted by atomic mass is 9.99. The SMILES string of the molecule is N#CCC(CC(=O)O)CC(=O)O. The molecule has 0 aromatic heterocycles. The molecule has 0 aliphatic rings. The molecule has 0 saturated carbocycles. The highest BCUT2D eigenvalue weighted by molar-refractivity contribution is 5.70. The smallest absolute Gasteiger partial charge is 0.303 e. The predicted molar refractivity (Wildman–Crippen MR) is 38.2 cm³/mol. The summed E-state index contributed by atoms with van der Waals surface area (Å²) in [7, 11) is 0. The first-order chi connectivity index (χ1) is 5.56. The van der Waals surface area contributed by atoms with Crippen molar-refractivity contribution in [3.63, 3.8) is 0 Å². The van der Waals surface area contributed by atoms with Gasteiger partial charge in [0.15, 0.2) is 0 Å². The molecular weight excluding hydrogens is 162 g/mol. The summed E-state index contributed by atoms with van der Waals surface area (Å²) in [6.45, 7) is 0. The Morgan fingerprint density at radius 2 is 1.67 bits per heavy atom. The van der Waals surface area contributed by atoms with E-state index in [0.29, 0.717) is 0 Å². The maximum Gasteiger partial charge on any atom is 0.303 e. The molecule has 0 saturated heterocycles. The second-order valence-electron chi connectivity index (χ2n) is 2.42. The van der Waals surface area contributed by atoms with Gasteiger partial charge in [-0.15, -0.1) is 0 Å². The first-order valence-corrected chi connectivity index (χ1v) is 3.36. The zero-order chi connectivity index (χ0) is 9.56. The largest absolute Gasteiger partial charge is 0.481 e. The molecule has 2 N–H and O–H groups in total. The van der Waals surface area contributed by atoms with Crippen molar-refractivity contribution in [1.29, 1.82) is 5.26 Å². The lowest BCUT2D eigenvalue weighted by Crippen LogP contribution is -2.11. The van der Waals surface area contributed by atoms with Crippen LogP contribution in [0.15, 0.2) is 0 Å². The van der Waals surface area contributed by atoms with Gasteiger partial charge < -0.3 is 10.2 Å². The summed E-state index contributed by atoms with van der Waals surface area (Å²) in [4.78, 5) is 20.3. The highest BCUT2D eigenvalue weighted by atomic mass is 16.4. The van der Waals surface area contributed by atoms with Crippen molar-refractivity contribution < 1.29 is 19.8 Å². The van der Waals surface area contributed by atoms with E-state index >= 15 is 0 Å². The molecule has 0 unspecified atom stereocenters. The number of aliphatic carboxylic acids is 2. The Morgan fingerprint density at radius 3 is 1.92 bits per heavy atom. The lowest BCUT2D eigenvalue weighted by molar-refractivity contribution is -0.140. The molecule has 0 amide bonds. The third kappa shape index (κ3) is 5.23. The number of nitriles is 1. The van der Waals surface area contributed by atoms with Gasteiger partial charge in [0, 0.05) is 19.3 Å². The van der Waals surface area contributed by atoms with E-state index < -0.39 is 17.9 Å². The number of carboxylic acid groups (broad SMARTS) is 2. The van der Waals surface area contributed by atoms with Crippen LogP contribution in [0.3, 0.4) is 0 Å². The fraction of sp³-hybridized carbons (Fsp3) is 0.571. The number of carboxylic acids is 2. The number of carbonyl (C=O) groups is 2. The van der Waals surface area contributed by atoms with Crippen LogP contribution in [0.25, 0.3) is 0 Å². The minimum atomic E-state index is -1.07. The summed E-state index contributed by atoms with van der Waals surface area (Å²) in [6, 6.07) is 1.75. The molecule has 0 heterocycles. The maximum atomic E-state index is 10.2. The zero-order valence-corrected chi connectivity index (χ0v) is 6.36. The van der Waals surface area contributed by atoms with Crippen molar-refractivity contribution in [1.82, 2.24) is 0 Å². The van der Waals surface area contributed by atoms with Gasteiger partial charge in [-0.2, -0.15) is 5.26 Å². The molecule has 0 aliphatic carbocycles. The molecule has 66 valence electrons. The van der Waals surface area contributed by atoms with Crippen molar-refractivity contribution in [2.24, 2.45) is 5.92 Å². The molecule has 12 heavy (non-hydrogen) atoms. The Bertz CT molecular complexity index is 202. The highest BCUT2D eigenvalue weighted by Crippen LogP contribution is 2.12. The molecule has 0 atom stereocenters. The molecule has 0 aromatic rings. The summed E-state index contributed by atoms with van der Waals surface area (Å²) < 4.78 is 0. The molecule has 0 aromatic carbocycles. The summed E-state index contributed by atoms with van der Waals surface area (Å²) in [5, 5.41) is 24.9. The van der Waals surface area contributed by atoms with Gasteiger partial charge in [-0.3, -0.25) is 9.59 Å². The first kappa shape index (κ1) is 10.4. The van der Waals surface area contributed by atoms with E-state index in [2.05, 4.69) is 0 Å². The van der Waals surface area contributed by atoms with Crippen molar-refractivity contribution in [2.75, 3.05) is 0 Å². The van der Waals surface area contributed by atoms with Gasteiger partial charge in [0.25, 0.3) is 0 Å². The number of nitrogens with zero attached hydrogens (tertiary/aromatic N) is 1. The van der Waals surface area contributed by atoms with E-state index in [1.54, 1.807) is 6.07 Å². The van der Waals surface area contributed by atoms with Gasteiger partial charge >= 0.3 is 11.9 Å². The first-order valence-electron chi connectivity index (χ1n) is 3.36. The van der Waals surface area contributed by atoms with Crippen LogP contribution in [0.5, 0.6) is 0 Å². The summed E-state index contributed by atoms with van der Waals surface area (Å²) in [6.07, 6.45) is -0.557. The van der Waals surface area contributed by atoms with Gasteiger partial charge in [0.2, 0.25) is 0 Å². The molecule has 0 aliphatic heterocycles. The van der Waals surface area contributed by atoms with Gasteiger partial charge in [-0.1, -0.05) is 0 Å². The standard InChI is InChI=1S/C7H9NO4/c8-2-1-5(3-6(9)10)4-7(11)12/h5H,1,3-4H2,(H,9,10)(H,11,12). The zero-order valence-electron chi connectivity index (χ0n) is 6.36. The summed E-state index contributed by atoms with van der Waals surface area (Å²) in [5.74, 6) is -2.72. The third-order valence-corrected chi connectivity index (χ3v) is 1.31. The second-order valence-corrected chi connectivity index (χ2v) is 2.42. The van der Waals surface area contributed by atoms with Gasteiger partial charge in [-0.25, -0.2) is 0 Å². The minimum Gasteiger partial charge on any atom is -0.481 e. The van der Waals surface area contributed by atoms with Crippen LogP contribution in [0, 0.1) is 17.2 Å². The van der Waals surface area contributed by atoms with Gasteiger partial charge in [0.05, 0.1) is 6.07 Å². The van der Waals surface area contributed by atoms with Crippen molar-refractivity contribution >= 4 is 11.9 Å². The molecule has 0 fully saturated rings. The Morgan fingerprint density at radius 1 is 1.25 bits per heavy atom. The average molecular weight is 171 g/mol. The van der Waals surface area contributed by atoms with Crippen LogP contribution >= 0.6 is 0 Å². The lowest BCUT2D eigenvalue weighted by Gasteiger charge is -2.05. The van der Waals surface area contributed by atoms with E-state index in [1.807, 2.05) is 0 Å². The highest BCUT2D eigenvalue weighted by Gasteiger charge is 2.16. The summed E-state index contributed by atoms with van der Waals surface area (Å²) >= 11 is 0. The van der Waals surface area contributed by atoms with E-state index in [9.17, 15) is 9.59 Å². The van der Waals surface area contributed by atoms with E-state index in [4.69, 9.17) is 15.5 Å². The number of rotatable bonds is 5. The number of hydrogen-bond acceptors (Lipinski definition) is 3. The van der Waals surface area contributed by atoms with Crippen molar-refractivity contribution in [3.8, 4) is 6.07 Å². The molecule has 0 rings (SSSR count). The molecular formula is C7H9NO4. The monoisotopic (exact) mass is 171 g/mol. The van der Waals surface area contributed by atoms with E-state index in [1.165, 1.54) is 0 Å². The Labute approximate surface area is 69.2 Å². The second kappa shape index (κ2) is 5.13. The van der Waals surface area contributed by atoms with Crippen LogP contribution in [0.2, 0.25) is 0 Å². The minimum absolute atomic E-state index is 0.0292. The molecule has 0 spiro atoms. The Balaban J connectivity index is 3.96. The fourth-order valence-corrected chi connectivity index (χ4v) is 0.840. The molecule has 0 bridgehead atoms. The van der Waals surface area contributed by atoms with Crippen molar-refractivity contribution in [3.05, 3.63) is 0 Å². The quantitative estimate of drug-likeness (QED) is 0.626. The number of hydrogen-bond donors (Lipinski definition) is 2. The maximum absolute atomic E-state index is 10.2. The van der Waals surface area contributed by atoms with E-state index in [-0.39, 0.29) is 19.3 Å². The third-order valence-electron chi connectivity index (χ3n) is 1.31. The molecule has 5 heteroatoms. The van der Waals surface area contributed by atoms with Crippen molar-refractivity contribution in [2.45, 2.75) is 19.3 Å². The average Bonchev–Trinajstić information content (AvgIpc) is 1.84. The van der Waals surface area contributed by atoms with Crippen LogP contribution in [0.4, 0.5) is 0 Å². The molecule has 0 radical (unpaired) electrons. The topological polar surface area (TPSA) is 98.4 Å². The van der Waals surface area contributed by atoms with Gasteiger partial charge in [0.1, 0.15) is 0 Å². The summed E-state index contributed by atoms with van der Waals surface area (Å²) in [5.41, 5.74) is 0. The van der Waals surface area contributed by atoms with Gasteiger partial charge in [-0.05, 0) is 5.92 Å². The Kier molecular flexibility index (Phi) is 4.46. The van der Waals surface area contributed by atoms with Crippen LogP contribution in [0.1, 0.15) is 19.3 Å². The molecule has 5 nitrogen and oxygen atoms in total. The van der Waals surface area contributed by atoms with E-state index in [0.717, 1.165) is 0 Å². The predicted octanol–water partition coefficient (Wildman–Crippen LogP) is 0.466.